The first-order chi connectivity index (χ1) is 4.50. The lowest BCUT2D eigenvalue weighted by Gasteiger charge is -2.26. The third-order valence-electron chi connectivity index (χ3n) is 1.83. The van der Waals surface area contributed by atoms with Crippen LogP contribution in [0.4, 0.5) is 0 Å². The average molecular weight is 224 g/mol. The summed E-state index contributed by atoms with van der Waals surface area (Å²) in [4.78, 5) is 3.60. The summed E-state index contributed by atoms with van der Waals surface area (Å²) >= 11 is 3.63. The molecule has 0 aliphatic rings. The molecular weight excluding hydrogens is 206 g/mol. The quantitative estimate of drug-likeness (QED) is 0.571. The highest BCUT2D eigenvalue weighted by atomic mass is 79.9. The van der Waals surface area contributed by atoms with Crippen LogP contribution >= 0.6 is 15.9 Å². The number of halogens is 1. The smallest absolute Gasteiger partial charge is 0.132 e. The second kappa shape index (κ2) is 4.52. The van der Waals surface area contributed by atoms with E-state index in [1.807, 2.05) is 0 Å². The van der Waals surface area contributed by atoms with E-state index >= 15 is 0 Å². The molecular formula is C7H18BrNSi. The number of alkyl halides is 1. The summed E-state index contributed by atoms with van der Waals surface area (Å²) in [6.45, 7) is 10.3. The molecule has 0 spiro atoms. The highest BCUT2D eigenvalue weighted by Gasteiger charge is 2.25. The summed E-state index contributed by atoms with van der Waals surface area (Å²) in [5.74, 6) is 0. The molecule has 0 bridgehead atoms. The number of nitrogens with one attached hydrogen (secondary N) is 1. The minimum atomic E-state index is -1.13. The van der Waals surface area contributed by atoms with E-state index < -0.39 is 8.24 Å². The predicted molar refractivity (Wildman–Crippen MR) is 54.2 cm³/mol. The minimum Gasteiger partial charge on any atom is -0.337 e. The van der Waals surface area contributed by atoms with Gasteiger partial charge in [0.25, 0.3) is 0 Å². The molecule has 1 unspecified atom stereocenters. The summed E-state index contributed by atoms with van der Waals surface area (Å²) in [5.41, 5.74) is 0. The molecule has 1 nitrogen and oxygen atoms in total. The Balaban J connectivity index is 3.63. The first-order valence-corrected chi connectivity index (χ1v) is 7.89. The molecule has 0 amide bonds. The van der Waals surface area contributed by atoms with Crippen LogP contribution in [0.25, 0.3) is 0 Å². The maximum atomic E-state index is 3.63. The first kappa shape index (κ1) is 10.7. The molecule has 0 radical (unpaired) electrons. The van der Waals surface area contributed by atoms with Crippen molar-refractivity contribution >= 4 is 24.2 Å². The van der Waals surface area contributed by atoms with Gasteiger partial charge in [0.15, 0.2) is 0 Å². The molecule has 0 heterocycles. The Morgan fingerprint density at radius 1 is 1.50 bits per heavy atom. The van der Waals surface area contributed by atoms with Gasteiger partial charge in [0.1, 0.15) is 8.24 Å². The van der Waals surface area contributed by atoms with Gasteiger partial charge in [-0.15, -0.1) is 0 Å². The van der Waals surface area contributed by atoms with Gasteiger partial charge < -0.3 is 4.98 Å². The highest BCUT2D eigenvalue weighted by molar-refractivity contribution is 9.10. The fourth-order valence-electron chi connectivity index (χ4n) is 0.588. The van der Waals surface area contributed by atoms with Crippen molar-refractivity contribution in [1.82, 2.24) is 4.98 Å². The predicted octanol–water partition coefficient (Wildman–Crippen LogP) is 2.51. The monoisotopic (exact) mass is 223 g/mol. The number of hydrogen-bond donors (Lipinski definition) is 1. The van der Waals surface area contributed by atoms with Crippen molar-refractivity contribution in [2.24, 2.45) is 0 Å². The molecule has 0 aliphatic carbocycles. The molecule has 0 saturated carbocycles. The molecule has 0 aromatic heterocycles. The van der Waals surface area contributed by atoms with Crippen LogP contribution in [0, 0.1) is 0 Å². The Morgan fingerprint density at radius 3 is 2.30 bits per heavy atom. The van der Waals surface area contributed by atoms with E-state index in [1.54, 1.807) is 0 Å². The number of hydrogen-bond acceptors (Lipinski definition) is 1. The molecule has 0 saturated heterocycles. The number of rotatable bonds is 4. The van der Waals surface area contributed by atoms with Crippen LogP contribution in [0.15, 0.2) is 0 Å². The van der Waals surface area contributed by atoms with E-state index in [-0.39, 0.29) is 0 Å². The van der Waals surface area contributed by atoms with Gasteiger partial charge in [0, 0.05) is 4.45 Å². The topological polar surface area (TPSA) is 12.0 Å². The van der Waals surface area contributed by atoms with Crippen molar-refractivity contribution in [2.75, 3.05) is 6.54 Å². The molecule has 0 rings (SSSR count). The SMILES string of the molecule is CCCN[Si](C)(C)C(C)Br. The van der Waals surface area contributed by atoms with Crippen molar-refractivity contribution < 1.29 is 0 Å². The van der Waals surface area contributed by atoms with Gasteiger partial charge in [0.2, 0.25) is 0 Å². The third-order valence-corrected chi connectivity index (χ3v) is 8.41. The zero-order valence-electron chi connectivity index (χ0n) is 7.37. The highest BCUT2D eigenvalue weighted by Crippen LogP contribution is 2.12. The van der Waals surface area contributed by atoms with Crippen LogP contribution in [0.3, 0.4) is 0 Å². The van der Waals surface area contributed by atoms with Crippen molar-refractivity contribution in [3.63, 3.8) is 0 Å². The van der Waals surface area contributed by atoms with Crippen molar-refractivity contribution in [3.05, 3.63) is 0 Å². The van der Waals surface area contributed by atoms with E-state index in [1.165, 1.54) is 6.42 Å². The van der Waals surface area contributed by atoms with Gasteiger partial charge in [-0.3, -0.25) is 0 Å². The van der Waals surface area contributed by atoms with Crippen LogP contribution in [-0.4, -0.2) is 19.2 Å². The van der Waals surface area contributed by atoms with Crippen molar-refractivity contribution in [3.8, 4) is 0 Å². The fraction of sp³-hybridized carbons (Fsp3) is 1.00. The van der Waals surface area contributed by atoms with E-state index in [0.29, 0.717) is 4.45 Å². The van der Waals surface area contributed by atoms with E-state index in [0.717, 1.165) is 6.54 Å². The van der Waals surface area contributed by atoms with E-state index in [2.05, 4.69) is 47.9 Å². The van der Waals surface area contributed by atoms with Crippen molar-refractivity contribution in [1.29, 1.82) is 0 Å². The van der Waals surface area contributed by atoms with Crippen molar-refractivity contribution in [2.45, 2.75) is 37.8 Å². The molecule has 0 aromatic carbocycles. The zero-order chi connectivity index (χ0) is 8.20. The zero-order valence-corrected chi connectivity index (χ0v) is 9.96. The Morgan fingerprint density at radius 2 is 2.00 bits per heavy atom. The van der Waals surface area contributed by atoms with Crippen LogP contribution in [0.2, 0.25) is 13.1 Å². The van der Waals surface area contributed by atoms with Gasteiger partial charge >= 0.3 is 0 Å². The fourth-order valence-corrected chi connectivity index (χ4v) is 2.25. The standard InChI is InChI=1S/C7H18BrNSi/c1-5-6-9-10(3,4)7(2)8/h7,9H,5-6H2,1-4H3. The molecule has 0 aliphatic heterocycles. The largest absolute Gasteiger partial charge is 0.337 e. The lowest BCUT2D eigenvalue weighted by atomic mass is 10.5. The van der Waals surface area contributed by atoms with Gasteiger partial charge in [0.05, 0.1) is 0 Å². The van der Waals surface area contributed by atoms with Gasteiger partial charge in [-0.05, 0) is 13.0 Å². The minimum absolute atomic E-state index is 0.659. The summed E-state index contributed by atoms with van der Waals surface area (Å²) in [6.07, 6.45) is 1.23. The van der Waals surface area contributed by atoms with Crippen LogP contribution in [-0.2, 0) is 0 Å². The normalized spacial score (nSPS) is 15.3. The maximum absolute atomic E-state index is 3.63. The Labute approximate surface area is 73.8 Å². The third kappa shape index (κ3) is 3.74. The average Bonchev–Trinajstić information content (AvgIpc) is 1.84. The lowest BCUT2D eigenvalue weighted by Crippen LogP contribution is -2.51. The Kier molecular flexibility index (Phi) is 4.81. The van der Waals surface area contributed by atoms with Gasteiger partial charge in [-0.2, -0.15) is 0 Å². The van der Waals surface area contributed by atoms with Crippen LogP contribution in [0.1, 0.15) is 20.3 Å². The molecule has 3 heteroatoms. The second-order valence-electron chi connectivity index (χ2n) is 3.26. The summed E-state index contributed by atoms with van der Waals surface area (Å²) in [7, 11) is -1.13. The molecule has 62 valence electrons. The van der Waals surface area contributed by atoms with E-state index in [4.69, 9.17) is 0 Å². The molecule has 1 N–H and O–H groups in total. The summed E-state index contributed by atoms with van der Waals surface area (Å²) < 4.78 is 0.659. The van der Waals surface area contributed by atoms with Gasteiger partial charge in [-0.25, -0.2) is 0 Å². The van der Waals surface area contributed by atoms with Gasteiger partial charge in [-0.1, -0.05) is 42.9 Å². The van der Waals surface area contributed by atoms with Crippen LogP contribution < -0.4 is 4.98 Å². The Bertz CT molecular complexity index is 93.6. The first-order valence-electron chi connectivity index (χ1n) is 3.89. The molecule has 0 aromatic rings. The second-order valence-corrected chi connectivity index (χ2v) is 10.1. The lowest BCUT2D eigenvalue weighted by molar-refractivity contribution is 0.832. The van der Waals surface area contributed by atoms with E-state index in [9.17, 15) is 0 Å². The summed E-state index contributed by atoms with van der Waals surface area (Å²) in [6, 6.07) is 0. The molecule has 0 fully saturated rings. The van der Waals surface area contributed by atoms with Crippen LogP contribution in [0.5, 0.6) is 0 Å². The molecule has 1 atom stereocenters. The maximum Gasteiger partial charge on any atom is 0.132 e. The molecule has 10 heavy (non-hydrogen) atoms. The summed E-state index contributed by atoms with van der Waals surface area (Å²) in [5, 5.41) is 0. The Hall–Kier alpha value is 0.657.